The summed E-state index contributed by atoms with van der Waals surface area (Å²) in [5.41, 5.74) is 2.26. The van der Waals surface area contributed by atoms with Crippen LogP contribution in [0.25, 0.3) is 0 Å². The maximum absolute atomic E-state index is 6.00. The summed E-state index contributed by atoms with van der Waals surface area (Å²) in [7, 11) is 2.15. The van der Waals surface area contributed by atoms with Gasteiger partial charge in [-0.25, -0.2) is 4.98 Å². The number of thiazole rings is 1. The van der Waals surface area contributed by atoms with Gasteiger partial charge in [0.25, 0.3) is 0 Å². The third-order valence-electron chi connectivity index (χ3n) is 3.26. The SMILES string of the molecule is CN(CCCCc1nc(CCl)cs1)Cc1cccc(Cl)c1. The van der Waals surface area contributed by atoms with E-state index in [0.717, 1.165) is 36.6 Å². The number of unbranched alkanes of at least 4 members (excludes halogenated alkanes) is 1. The molecule has 0 radical (unpaired) electrons. The molecule has 0 unspecified atom stereocenters. The molecule has 0 aliphatic carbocycles. The van der Waals surface area contributed by atoms with Crippen molar-refractivity contribution in [1.82, 2.24) is 9.88 Å². The molecule has 0 aliphatic rings. The van der Waals surface area contributed by atoms with Crippen molar-refractivity contribution in [2.24, 2.45) is 0 Å². The lowest BCUT2D eigenvalue weighted by Gasteiger charge is -2.16. The molecule has 0 aliphatic heterocycles. The van der Waals surface area contributed by atoms with Crippen molar-refractivity contribution in [3.8, 4) is 0 Å². The molecular formula is C16H20Cl2N2S. The van der Waals surface area contributed by atoms with Gasteiger partial charge in [0.05, 0.1) is 16.6 Å². The predicted molar refractivity (Wildman–Crippen MR) is 92.4 cm³/mol. The van der Waals surface area contributed by atoms with E-state index >= 15 is 0 Å². The minimum Gasteiger partial charge on any atom is -0.302 e. The number of aryl methyl sites for hydroxylation is 1. The lowest BCUT2D eigenvalue weighted by atomic mass is 10.2. The zero-order chi connectivity index (χ0) is 15.1. The summed E-state index contributed by atoms with van der Waals surface area (Å²) >= 11 is 13.5. The molecule has 5 heteroatoms. The number of nitrogens with zero attached hydrogens (tertiary/aromatic N) is 2. The fraction of sp³-hybridized carbons (Fsp3) is 0.438. The Morgan fingerprint density at radius 3 is 2.86 bits per heavy atom. The smallest absolute Gasteiger partial charge is 0.0928 e. The normalized spacial score (nSPS) is 11.2. The topological polar surface area (TPSA) is 16.1 Å². The fourth-order valence-corrected chi connectivity index (χ4v) is 3.49. The Labute approximate surface area is 140 Å². The minimum absolute atomic E-state index is 0.513. The molecular weight excluding hydrogens is 323 g/mol. The standard InChI is InChI=1S/C16H20Cl2N2S/c1-20(11-13-5-4-6-14(18)9-13)8-3-2-7-16-19-15(10-17)12-21-16/h4-6,9,12H,2-3,7-8,10-11H2,1H3. The summed E-state index contributed by atoms with van der Waals surface area (Å²) in [4.78, 5) is 6.81. The summed E-state index contributed by atoms with van der Waals surface area (Å²) in [6.07, 6.45) is 3.38. The van der Waals surface area contributed by atoms with E-state index in [-0.39, 0.29) is 0 Å². The van der Waals surface area contributed by atoms with Gasteiger partial charge in [-0.15, -0.1) is 22.9 Å². The number of benzene rings is 1. The van der Waals surface area contributed by atoms with E-state index < -0.39 is 0 Å². The molecule has 0 saturated carbocycles. The molecule has 114 valence electrons. The summed E-state index contributed by atoms with van der Waals surface area (Å²) in [6.45, 7) is 2.02. The first-order valence-electron chi connectivity index (χ1n) is 7.09. The summed E-state index contributed by atoms with van der Waals surface area (Å²) < 4.78 is 0. The van der Waals surface area contributed by atoms with Crippen LogP contribution < -0.4 is 0 Å². The number of halogens is 2. The van der Waals surface area contributed by atoms with Gasteiger partial charge in [-0.2, -0.15) is 0 Å². The van der Waals surface area contributed by atoms with E-state index in [1.807, 2.05) is 23.6 Å². The van der Waals surface area contributed by atoms with Gasteiger partial charge >= 0.3 is 0 Å². The van der Waals surface area contributed by atoms with Crippen LogP contribution in [-0.4, -0.2) is 23.5 Å². The van der Waals surface area contributed by atoms with E-state index in [4.69, 9.17) is 23.2 Å². The first kappa shape index (κ1) is 16.8. The molecule has 0 amide bonds. The van der Waals surface area contributed by atoms with Gasteiger partial charge in [0.15, 0.2) is 0 Å². The molecule has 0 N–H and O–H groups in total. The maximum atomic E-state index is 6.00. The van der Waals surface area contributed by atoms with Crippen LogP contribution in [0.4, 0.5) is 0 Å². The van der Waals surface area contributed by atoms with E-state index in [1.165, 1.54) is 17.0 Å². The molecule has 0 spiro atoms. The number of rotatable bonds is 8. The average Bonchev–Trinajstić information content (AvgIpc) is 2.91. The Bertz CT molecular complexity index is 557. The highest BCUT2D eigenvalue weighted by atomic mass is 35.5. The van der Waals surface area contributed by atoms with Crippen LogP contribution in [0.5, 0.6) is 0 Å². The first-order chi connectivity index (χ1) is 10.2. The van der Waals surface area contributed by atoms with Crippen LogP contribution in [-0.2, 0) is 18.8 Å². The molecule has 2 rings (SSSR count). The molecule has 1 heterocycles. The van der Waals surface area contributed by atoms with E-state index in [1.54, 1.807) is 11.3 Å². The van der Waals surface area contributed by atoms with Crippen molar-refractivity contribution in [2.45, 2.75) is 31.7 Å². The van der Waals surface area contributed by atoms with Crippen molar-refractivity contribution in [3.63, 3.8) is 0 Å². The van der Waals surface area contributed by atoms with Gasteiger partial charge in [0.1, 0.15) is 0 Å². The maximum Gasteiger partial charge on any atom is 0.0928 e. The highest BCUT2D eigenvalue weighted by molar-refractivity contribution is 7.09. The molecule has 0 fully saturated rings. The monoisotopic (exact) mass is 342 g/mol. The van der Waals surface area contributed by atoms with E-state index in [2.05, 4.69) is 23.0 Å². The van der Waals surface area contributed by atoms with Crippen molar-refractivity contribution >= 4 is 34.5 Å². The van der Waals surface area contributed by atoms with E-state index in [9.17, 15) is 0 Å². The highest BCUT2D eigenvalue weighted by Gasteiger charge is 2.03. The molecule has 1 aromatic carbocycles. The number of hydrogen-bond acceptors (Lipinski definition) is 3. The van der Waals surface area contributed by atoms with Gasteiger partial charge in [-0.05, 0) is 50.6 Å². The van der Waals surface area contributed by atoms with Gasteiger partial charge in [0, 0.05) is 16.9 Å². The third-order valence-corrected chi connectivity index (χ3v) is 4.72. The highest BCUT2D eigenvalue weighted by Crippen LogP contribution is 2.15. The van der Waals surface area contributed by atoms with Crippen LogP contribution in [0.15, 0.2) is 29.6 Å². The summed E-state index contributed by atoms with van der Waals surface area (Å²) in [6, 6.07) is 8.06. The summed E-state index contributed by atoms with van der Waals surface area (Å²) in [5.74, 6) is 0.513. The number of hydrogen-bond donors (Lipinski definition) is 0. The van der Waals surface area contributed by atoms with Gasteiger partial charge in [-0.3, -0.25) is 0 Å². The Morgan fingerprint density at radius 2 is 2.14 bits per heavy atom. The van der Waals surface area contributed by atoms with Crippen LogP contribution in [0.1, 0.15) is 29.1 Å². The molecule has 21 heavy (non-hydrogen) atoms. The van der Waals surface area contributed by atoms with Crippen molar-refractivity contribution in [1.29, 1.82) is 0 Å². The second kappa shape index (κ2) is 8.74. The Morgan fingerprint density at radius 1 is 1.29 bits per heavy atom. The van der Waals surface area contributed by atoms with Gasteiger partial charge in [0.2, 0.25) is 0 Å². The zero-order valence-corrected chi connectivity index (χ0v) is 14.5. The van der Waals surface area contributed by atoms with Crippen molar-refractivity contribution in [2.75, 3.05) is 13.6 Å². The van der Waals surface area contributed by atoms with Crippen molar-refractivity contribution in [3.05, 3.63) is 50.9 Å². The first-order valence-corrected chi connectivity index (χ1v) is 8.89. The quantitative estimate of drug-likeness (QED) is 0.496. The lowest BCUT2D eigenvalue weighted by molar-refractivity contribution is 0.318. The van der Waals surface area contributed by atoms with E-state index in [0.29, 0.717) is 5.88 Å². The minimum atomic E-state index is 0.513. The lowest BCUT2D eigenvalue weighted by Crippen LogP contribution is -2.19. The molecule has 0 atom stereocenters. The Hall–Kier alpha value is -0.610. The Balaban J connectivity index is 1.66. The number of aromatic nitrogens is 1. The van der Waals surface area contributed by atoms with Crippen LogP contribution in [0, 0.1) is 0 Å². The molecule has 2 nitrogen and oxygen atoms in total. The van der Waals surface area contributed by atoms with Gasteiger partial charge < -0.3 is 4.90 Å². The number of alkyl halides is 1. The van der Waals surface area contributed by atoms with Crippen molar-refractivity contribution < 1.29 is 0 Å². The van der Waals surface area contributed by atoms with Crippen LogP contribution >= 0.6 is 34.5 Å². The summed E-state index contributed by atoms with van der Waals surface area (Å²) in [5, 5.41) is 4.05. The van der Waals surface area contributed by atoms with Gasteiger partial charge in [-0.1, -0.05) is 23.7 Å². The third kappa shape index (κ3) is 5.95. The molecule has 0 bridgehead atoms. The second-order valence-corrected chi connectivity index (χ2v) is 6.84. The second-order valence-electron chi connectivity index (χ2n) is 5.19. The fourth-order valence-electron chi connectivity index (χ4n) is 2.21. The Kier molecular flexibility index (Phi) is 6.97. The zero-order valence-electron chi connectivity index (χ0n) is 12.2. The van der Waals surface area contributed by atoms with Crippen LogP contribution in [0.3, 0.4) is 0 Å². The largest absolute Gasteiger partial charge is 0.302 e. The predicted octanol–water partition coefficient (Wildman–Crippen LogP) is 4.99. The molecule has 1 aromatic heterocycles. The molecule has 0 saturated heterocycles. The van der Waals surface area contributed by atoms with Crippen LogP contribution in [0.2, 0.25) is 5.02 Å². The molecule has 2 aromatic rings. The average molecular weight is 343 g/mol.